The predicted molar refractivity (Wildman–Crippen MR) is 211 cm³/mol. The van der Waals surface area contributed by atoms with E-state index < -0.39 is 5.41 Å². The van der Waals surface area contributed by atoms with Gasteiger partial charge in [-0.3, -0.25) is 4.79 Å². The first kappa shape index (κ1) is 31.0. The lowest BCUT2D eigenvalue weighted by atomic mass is 9.57. The summed E-state index contributed by atoms with van der Waals surface area (Å²) in [4.78, 5) is 16.8. The molecule has 1 spiro atoms. The molecule has 2 nitrogen and oxygen atoms in total. The van der Waals surface area contributed by atoms with Crippen molar-refractivity contribution < 1.29 is 4.79 Å². The van der Waals surface area contributed by atoms with E-state index in [1.54, 1.807) is 0 Å². The molecular weight excluding hydrogens is 619 g/mol. The smallest absolute Gasteiger partial charge is 0.193 e. The van der Waals surface area contributed by atoms with Crippen molar-refractivity contribution in [2.45, 2.75) is 38.0 Å². The summed E-state index contributed by atoms with van der Waals surface area (Å²) >= 11 is 0. The van der Waals surface area contributed by atoms with Crippen LogP contribution in [0, 0.1) is 0 Å². The molecule has 7 aromatic rings. The van der Waals surface area contributed by atoms with Gasteiger partial charge in [-0.15, -0.1) is 0 Å². The lowest BCUT2D eigenvalue weighted by molar-refractivity contribution is 0.103. The number of benzene rings is 7. The second-order valence-electron chi connectivity index (χ2n) is 13.8. The summed E-state index contributed by atoms with van der Waals surface area (Å²) in [6, 6.07) is 60.9. The molecule has 1 aliphatic heterocycles. The van der Waals surface area contributed by atoms with Crippen LogP contribution >= 0.6 is 0 Å². The van der Waals surface area contributed by atoms with E-state index >= 15 is 0 Å². The number of anilines is 3. The standard InChI is InChI=1S/C49H39NO/c1-2-3-6-15-34-24-28-39(29-25-34)50-46-30-26-37(35-16-7-4-8-17-35)32-44(46)49(45-33-38(27-31-47(45)50)36-18-9-5-10-19-36)42-22-13-11-20-40(42)48(51)41-21-12-14-23-43(41)49/h4-5,7-14,16-33H,2-3,6,15H2,1H3. The molecule has 9 rings (SSSR count). The second kappa shape index (κ2) is 12.7. The average Bonchev–Trinajstić information content (AvgIpc) is 3.20. The normalized spacial score (nSPS) is 13.7. The Morgan fingerprint density at radius 3 is 1.47 bits per heavy atom. The Kier molecular flexibility index (Phi) is 7.74. The van der Waals surface area contributed by atoms with Crippen molar-refractivity contribution in [3.8, 4) is 22.3 Å². The number of hydrogen-bond donors (Lipinski definition) is 0. The number of nitrogens with zero attached hydrogens (tertiary/aromatic N) is 1. The van der Waals surface area contributed by atoms with Gasteiger partial charge in [0.05, 0.1) is 16.8 Å². The molecule has 1 aliphatic carbocycles. The van der Waals surface area contributed by atoms with E-state index in [1.165, 1.54) is 36.0 Å². The summed E-state index contributed by atoms with van der Waals surface area (Å²) < 4.78 is 0. The monoisotopic (exact) mass is 657 g/mol. The van der Waals surface area contributed by atoms with Crippen molar-refractivity contribution in [3.63, 3.8) is 0 Å². The minimum absolute atomic E-state index is 0.0782. The van der Waals surface area contributed by atoms with Crippen LogP contribution < -0.4 is 4.90 Å². The highest BCUT2D eigenvalue weighted by molar-refractivity contribution is 6.15. The first-order chi connectivity index (χ1) is 25.2. The van der Waals surface area contributed by atoms with Crippen LogP contribution in [0.25, 0.3) is 22.3 Å². The van der Waals surface area contributed by atoms with Gasteiger partial charge in [-0.1, -0.05) is 153 Å². The predicted octanol–water partition coefficient (Wildman–Crippen LogP) is 12.5. The molecule has 0 saturated carbocycles. The fraction of sp³-hybridized carbons (Fsp3) is 0.122. The van der Waals surface area contributed by atoms with Gasteiger partial charge >= 0.3 is 0 Å². The average molecular weight is 658 g/mol. The molecule has 0 radical (unpaired) electrons. The van der Waals surface area contributed by atoms with Crippen LogP contribution in [0.4, 0.5) is 17.1 Å². The third-order valence-corrected chi connectivity index (χ3v) is 10.9. The minimum Gasteiger partial charge on any atom is -0.310 e. The van der Waals surface area contributed by atoms with Crippen LogP contribution in [0.3, 0.4) is 0 Å². The Hall–Kier alpha value is -5.99. The molecule has 0 fully saturated rings. The molecular formula is C49H39NO. The zero-order valence-electron chi connectivity index (χ0n) is 28.8. The summed E-state index contributed by atoms with van der Waals surface area (Å²) in [6.45, 7) is 2.26. The summed E-state index contributed by atoms with van der Waals surface area (Å²) in [6.07, 6.45) is 4.76. The highest BCUT2D eigenvalue weighted by Gasteiger charge is 2.52. The topological polar surface area (TPSA) is 20.3 Å². The van der Waals surface area contributed by atoms with Crippen LogP contribution in [-0.2, 0) is 11.8 Å². The van der Waals surface area contributed by atoms with Gasteiger partial charge in [0.25, 0.3) is 0 Å². The van der Waals surface area contributed by atoms with E-state index in [0.29, 0.717) is 0 Å². The number of carbonyl (C=O) groups excluding carboxylic acids is 1. The quantitative estimate of drug-likeness (QED) is 0.159. The summed E-state index contributed by atoms with van der Waals surface area (Å²) in [7, 11) is 0. The second-order valence-corrected chi connectivity index (χ2v) is 13.8. The Labute approximate surface area is 300 Å². The van der Waals surface area contributed by atoms with Crippen molar-refractivity contribution in [2.24, 2.45) is 0 Å². The Balaban J connectivity index is 1.39. The van der Waals surface area contributed by atoms with E-state index in [-0.39, 0.29) is 5.78 Å². The Morgan fingerprint density at radius 1 is 0.471 bits per heavy atom. The van der Waals surface area contributed by atoms with Gasteiger partial charge in [-0.2, -0.15) is 0 Å². The molecule has 7 aromatic carbocycles. The maximum Gasteiger partial charge on any atom is 0.193 e. The van der Waals surface area contributed by atoms with Crippen molar-refractivity contribution in [2.75, 3.05) is 4.90 Å². The first-order valence-corrected chi connectivity index (χ1v) is 18.2. The number of ketones is 1. The fourth-order valence-electron chi connectivity index (χ4n) is 8.51. The van der Waals surface area contributed by atoms with Crippen LogP contribution in [0.5, 0.6) is 0 Å². The SMILES string of the molecule is CCCCCc1ccc(N2c3ccc(-c4ccccc4)cc3C3(c4ccccc4C(=O)c4ccccc43)c3cc(-c4ccccc4)ccc32)cc1. The number of fused-ring (bicyclic) bond motifs is 8. The molecule has 0 saturated heterocycles. The maximum absolute atomic E-state index is 14.3. The fourth-order valence-corrected chi connectivity index (χ4v) is 8.51. The van der Waals surface area contributed by atoms with Gasteiger partial charge in [0, 0.05) is 16.8 Å². The van der Waals surface area contributed by atoms with E-state index in [9.17, 15) is 4.79 Å². The van der Waals surface area contributed by atoms with Crippen molar-refractivity contribution in [1.29, 1.82) is 0 Å². The zero-order valence-corrected chi connectivity index (χ0v) is 28.8. The van der Waals surface area contributed by atoms with Crippen LogP contribution in [-0.4, -0.2) is 5.78 Å². The summed E-state index contributed by atoms with van der Waals surface area (Å²) in [5.41, 5.74) is 14.5. The van der Waals surface area contributed by atoms with E-state index in [0.717, 1.165) is 68.0 Å². The van der Waals surface area contributed by atoms with Gasteiger partial charge in [-0.05, 0) is 99.3 Å². The number of unbranched alkanes of at least 4 members (excludes halogenated alkanes) is 2. The highest BCUT2D eigenvalue weighted by Crippen LogP contribution is 2.61. The molecule has 246 valence electrons. The minimum atomic E-state index is -0.752. The molecule has 1 heterocycles. The van der Waals surface area contributed by atoms with E-state index in [1.807, 2.05) is 24.3 Å². The highest BCUT2D eigenvalue weighted by atomic mass is 16.1. The third-order valence-electron chi connectivity index (χ3n) is 10.9. The lowest BCUT2D eigenvalue weighted by Crippen LogP contribution is -2.42. The van der Waals surface area contributed by atoms with Gasteiger partial charge in [0.15, 0.2) is 5.78 Å². The Bertz CT molecular complexity index is 2250. The number of aryl methyl sites for hydroxylation is 1. The van der Waals surface area contributed by atoms with Gasteiger partial charge in [0.2, 0.25) is 0 Å². The van der Waals surface area contributed by atoms with Gasteiger partial charge < -0.3 is 4.90 Å². The third kappa shape index (κ3) is 4.97. The molecule has 0 amide bonds. The van der Waals surface area contributed by atoms with Gasteiger partial charge in [0.1, 0.15) is 0 Å². The van der Waals surface area contributed by atoms with E-state index in [4.69, 9.17) is 0 Å². The number of carbonyl (C=O) groups is 1. The zero-order chi connectivity index (χ0) is 34.4. The van der Waals surface area contributed by atoms with Crippen LogP contribution in [0.1, 0.15) is 69.9 Å². The maximum atomic E-state index is 14.3. The van der Waals surface area contributed by atoms with E-state index in [2.05, 4.69) is 157 Å². The van der Waals surface area contributed by atoms with Gasteiger partial charge in [-0.25, -0.2) is 0 Å². The molecule has 2 aliphatic rings. The van der Waals surface area contributed by atoms with Crippen molar-refractivity contribution >= 4 is 22.8 Å². The largest absolute Gasteiger partial charge is 0.310 e. The molecule has 2 heteroatoms. The summed E-state index contributed by atoms with van der Waals surface area (Å²) in [5.74, 6) is 0.0782. The first-order valence-electron chi connectivity index (χ1n) is 18.2. The number of hydrogen-bond acceptors (Lipinski definition) is 2. The summed E-state index contributed by atoms with van der Waals surface area (Å²) in [5, 5.41) is 0. The van der Waals surface area contributed by atoms with Crippen LogP contribution in [0.15, 0.2) is 170 Å². The molecule has 51 heavy (non-hydrogen) atoms. The number of rotatable bonds is 7. The van der Waals surface area contributed by atoms with Crippen molar-refractivity contribution in [3.05, 3.63) is 209 Å². The molecule has 0 unspecified atom stereocenters. The molecule has 0 N–H and O–H groups in total. The van der Waals surface area contributed by atoms with Crippen molar-refractivity contribution in [1.82, 2.24) is 0 Å². The van der Waals surface area contributed by atoms with Crippen LogP contribution in [0.2, 0.25) is 0 Å². The Morgan fingerprint density at radius 2 is 0.961 bits per heavy atom. The molecule has 0 aromatic heterocycles. The lowest BCUT2D eigenvalue weighted by Gasteiger charge is -2.49. The molecule has 0 bridgehead atoms. The molecule has 0 atom stereocenters.